The Hall–Kier alpha value is -0.830. The molecule has 0 N–H and O–H groups in total. The van der Waals surface area contributed by atoms with Crippen molar-refractivity contribution < 1.29 is 0 Å². The Morgan fingerprint density at radius 3 is 2.94 bits per heavy atom. The molecule has 2 atom stereocenters. The van der Waals surface area contributed by atoms with Gasteiger partial charge in [0.2, 0.25) is 0 Å². The molecule has 0 spiro atoms. The molecule has 2 heterocycles. The molecule has 0 amide bonds. The maximum Gasteiger partial charge on any atom is 0.122 e. The highest BCUT2D eigenvalue weighted by atomic mass is 15.2. The molecule has 2 unspecified atom stereocenters. The van der Waals surface area contributed by atoms with Crippen molar-refractivity contribution >= 4 is 0 Å². The molecule has 3 heteroatoms. The van der Waals surface area contributed by atoms with Gasteiger partial charge in [0.1, 0.15) is 5.82 Å². The fourth-order valence-electron chi connectivity index (χ4n) is 3.89. The number of hydrogen-bond donors (Lipinski definition) is 0. The van der Waals surface area contributed by atoms with E-state index < -0.39 is 0 Å². The fourth-order valence-corrected chi connectivity index (χ4v) is 3.89. The van der Waals surface area contributed by atoms with E-state index in [0.717, 1.165) is 25.0 Å². The van der Waals surface area contributed by atoms with E-state index in [0.29, 0.717) is 0 Å². The fraction of sp³-hybridized carbons (Fsp3) is 0.800. The average molecular weight is 247 g/mol. The molecule has 0 bridgehead atoms. The van der Waals surface area contributed by atoms with Crippen LogP contribution >= 0.6 is 0 Å². The smallest absolute Gasteiger partial charge is 0.122 e. The van der Waals surface area contributed by atoms with Crippen LogP contribution in [0.25, 0.3) is 0 Å². The van der Waals surface area contributed by atoms with Gasteiger partial charge in [-0.1, -0.05) is 12.8 Å². The Bertz CT molecular complexity index is 383. The molecule has 2 fully saturated rings. The number of piperidine rings is 1. The lowest BCUT2D eigenvalue weighted by Crippen LogP contribution is -2.46. The van der Waals surface area contributed by atoms with Crippen LogP contribution < -0.4 is 0 Å². The van der Waals surface area contributed by atoms with Crippen LogP contribution in [0.4, 0.5) is 0 Å². The lowest BCUT2D eigenvalue weighted by Gasteiger charge is -2.44. The van der Waals surface area contributed by atoms with Crippen LogP contribution in [0.2, 0.25) is 0 Å². The van der Waals surface area contributed by atoms with Crippen molar-refractivity contribution in [2.24, 2.45) is 5.92 Å². The van der Waals surface area contributed by atoms with E-state index in [2.05, 4.69) is 27.6 Å². The van der Waals surface area contributed by atoms with Gasteiger partial charge in [0, 0.05) is 25.0 Å². The number of likely N-dealkylation sites (tertiary alicyclic amines) is 1. The second kappa shape index (κ2) is 5.43. The first kappa shape index (κ1) is 12.2. The molecule has 1 aliphatic carbocycles. The summed E-state index contributed by atoms with van der Waals surface area (Å²) in [5, 5.41) is 0. The summed E-state index contributed by atoms with van der Waals surface area (Å²) in [5.41, 5.74) is 0. The minimum absolute atomic E-state index is 0.842. The lowest BCUT2D eigenvalue weighted by atomic mass is 9.78. The Balaban J connectivity index is 1.71. The summed E-state index contributed by atoms with van der Waals surface area (Å²) in [6.45, 7) is 5.57. The number of aryl methyl sites for hydroxylation is 1. The first-order valence-electron chi connectivity index (χ1n) is 7.62. The van der Waals surface area contributed by atoms with Gasteiger partial charge >= 0.3 is 0 Å². The van der Waals surface area contributed by atoms with Crippen molar-refractivity contribution in [2.45, 2.75) is 64.6 Å². The third-order valence-corrected chi connectivity index (χ3v) is 4.85. The normalized spacial score (nSPS) is 29.2. The summed E-state index contributed by atoms with van der Waals surface area (Å²) in [7, 11) is 0. The van der Waals surface area contributed by atoms with Crippen molar-refractivity contribution in [3.63, 3.8) is 0 Å². The molecule has 0 radical (unpaired) electrons. The molecule has 1 saturated carbocycles. The van der Waals surface area contributed by atoms with E-state index in [4.69, 9.17) is 0 Å². The first-order valence-corrected chi connectivity index (χ1v) is 7.62. The number of fused-ring (bicyclic) bond motifs is 1. The Labute approximate surface area is 110 Å². The summed E-state index contributed by atoms with van der Waals surface area (Å²) in [6, 6.07) is 0.842. The Morgan fingerprint density at radius 1 is 1.22 bits per heavy atom. The zero-order chi connectivity index (χ0) is 12.4. The van der Waals surface area contributed by atoms with E-state index >= 15 is 0 Å². The Kier molecular flexibility index (Phi) is 3.69. The quantitative estimate of drug-likeness (QED) is 0.818. The van der Waals surface area contributed by atoms with Crippen molar-refractivity contribution in [1.82, 2.24) is 14.5 Å². The van der Waals surface area contributed by atoms with Crippen LogP contribution in [0.1, 0.15) is 51.3 Å². The maximum absolute atomic E-state index is 4.54. The van der Waals surface area contributed by atoms with Crippen LogP contribution in [-0.4, -0.2) is 27.0 Å². The second-order valence-electron chi connectivity index (χ2n) is 5.85. The molecular weight excluding hydrogens is 222 g/mol. The van der Waals surface area contributed by atoms with Crippen LogP contribution in [0.15, 0.2) is 12.4 Å². The monoisotopic (exact) mass is 247 g/mol. The molecule has 0 aromatic carbocycles. The van der Waals surface area contributed by atoms with Crippen molar-refractivity contribution in [3.05, 3.63) is 18.2 Å². The van der Waals surface area contributed by atoms with Gasteiger partial charge in [0.25, 0.3) is 0 Å². The molecule has 1 saturated heterocycles. The number of hydrogen-bond acceptors (Lipinski definition) is 2. The third-order valence-electron chi connectivity index (χ3n) is 4.85. The molecule has 100 valence electrons. The highest BCUT2D eigenvalue weighted by Crippen LogP contribution is 2.35. The SMILES string of the molecule is CCn1ccnc1CN1CCCC2CCCCC21. The zero-order valence-corrected chi connectivity index (χ0v) is 11.5. The van der Waals surface area contributed by atoms with Gasteiger partial charge in [-0.2, -0.15) is 0 Å². The molecule has 3 rings (SSSR count). The molecule has 3 nitrogen and oxygen atoms in total. The van der Waals surface area contributed by atoms with Gasteiger partial charge in [-0.3, -0.25) is 4.90 Å². The maximum atomic E-state index is 4.54. The molecule has 1 aromatic rings. The van der Waals surface area contributed by atoms with Gasteiger partial charge < -0.3 is 4.57 Å². The second-order valence-corrected chi connectivity index (χ2v) is 5.85. The third kappa shape index (κ3) is 2.33. The Morgan fingerprint density at radius 2 is 2.06 bits per heavy atom. The van der Waals surface area contributed by atoms with E-state index in [-0.39, 0.29) is 0 Å². The van der Waals surface area contributed by atoms with E-state index in [9.17, 15) is 0 Å². The van der Waals surface area contributed by atoms with Gasteiger partial charge in [-0.05, 0) is 45.1 Å². The van der Waals surface area contributed by atoms with Crippen LogP contribution in [-0.2, 0) is 13.1 Å². The molecule has 2 aliphatic rings. The van der Waals surface area contributed by atoms with Gasteiger partial charge in [-0.15, -0.1) is 0 Å². The van der Waals surface area contributed by atoms with Crippen LogP contribution in [0.5, 0.6) is 0 Å². The minimum Gasteiger partial charge on any atom is -0.334 e. The number of rotatable bonds is 3. The highest BCUT2D eigenvalue weighted by molar-refractivity contribution is 4.95. The van der Waals surface area contributed by atoms with Crippen molar-refractivity contribution in [2.75, 3.05) is 6.54 Å². The lowest BCUT2D eigenvalue weighted by molar-refractivity contribution is 0.0519. The van der Waals surface area contributed by atoms with E-state index in [1.54, 1.807) is 0 Å². The standard InChI is InChI=1S/C15H25N3/c1-2-17-11-9-16-15(17)12-18-10-5-7-13-6-3-4-8-14(13)18/h9,11,13-14H,2-8,10,12H2,1H3. The summed E-state index contributed by atoms with van der Waals surface area (Å²) >= 11 is 0. The molecule has 18 heavy (non-hydrogen) atoms. The van der Waals surface area contributed by atoms with Gasteiger partial charge in [0.05, 0.1) is 6.54 Å². The number of aromatic nitrogens is 2. The topological polar surface area (TPSA) is 21.1 Å². The molecular formula is C15H25N3. The predicted octanol–water partition coefficient (Wildman–Crippen LogP) is 3.06. The minimum atomic E-state index is 0.842. The number of imidazole rings is 1. The van der Waals surface area contributed by atoms with E-state index in [1.165, 1.54) is 50.9 Å². The first-order chi connectivity index (χ1) is 8.88. The van der Waals surface area contributed by atoms with Crippen molar-refractivity contribution in [3.8, 4) is 0 Å². The van der Waals surface area contributed by atoms with Gasteiger partial charge in [-0.25, -0.2) is 4.98 Å². The predicted molar refractivity (Wildman–Crippen MR) is 73.3 cm³/mol. The van der Waals surface area contributed by atoms with Crippen LogP contribution in [0, 0.1) is 5.92 Å². The van der Waals surface area contributed by atoms with Crippen LogP contribution in [0.3, 0.4) is 0 Å². The number of nitrogens with zero attached hydrogens (tertiary/aromatic N) is 3. The highest BCUT2D eigenvalue weighted by Gasteiger charge is 2.33. The summed E-state index contributed by atoms with van der Waals surface area (Å²) in [5.74, 6) is 2.22. The van der Waals surface area contributed by atoms with Gasteiger partial charge in [0.15, 0.2) is 0 Å². The molecule has 1 aromatic heterocycles. The summed E-state index contributed by atoms with van der Waals surface area (Å²) in [6.07, 6.45) is 12.7. The molecule has 1 aliphatic heterocycles. The zero-order valence-electron chi connectivity index (χ0n) is 11.5. The van der Waals surface area contributed by atoms with Crippen molar-refractivity contribution in [1.29, 1.82) is 0 Å². The van der Waals surface area contributed by atoms with E-state index in [1.807, 2.05) is 6.20 Å². The summed E-state index contributed by atoms with van der Waals surface area (Å²) < 4.78 is 2.28. The largest absolute Gasteiger partial charge is 0.334 e. The average Bonchev–Trinajstić information content (AvgIpc) is 2.86. The summed E-state index contributed by atoms with van der Waals surface area (Å²) in [4.78, 5) is 7.25.